The van der Waals surface area contributed by atoms with Gasteiger partial charge >= 0.3 is 0 Å². The molecule has 0 saturated carbocycles. The zero-order valence-electron chi connectivity index (χ0n) is 17.7. The summed E-state index contributed by atoms with van der Waals surface area (Å²) in [6.45, 7) is 6.25. The Balaban J connectivity index is 1.37. The molecule has 2 aliphatic heterocycles. The number of amides is 2. The van der Waals surface area contributed by atoms with Gasteiger partial charge in [-0.25, -0.2) is 0 Å². The van der Waals surface area contributed by atoms with Crippen LogP contribution in [0.5, 0.6) is 0 Å². The molecule has 0 bridgehead atoms. The standard InChI is InChI=1S/C24H31N3O2S/c1-18-6-4-13-26(16-18)17-19-9-11-20(12-10-19)25-23(28)21-7-2-3-14-27(21)24(29)22-8-5-15-30-22/h5,8-12,15,18,21H,2-4,6-7,13-14,16-17H2,1H3,(H,25,28). The Hall–Kier alpha value is -2.18. The average molecular weight is 426 g/mol. The van der Waals surface area contributed by atoms with Crippen molar-refractivity contribution in [2.24, 2.45) is 5.92 Å². The van der Waals surface area contributed by atoms with Crippen LogP contribution in [0.4, 0.5) is 5.69 Å². The van der Waals surface area contributed by atoms with Crippen LogP contribution in [0, 0.1) is 5.92 Å². The lowest BCUT2D eigenvalue weighted by Crippen LogP contribution is -2.49. The predicted octanol–water partition coefficient (Wildman–Crippen LogP) is 4.61. The molecule has 4 rings (SSSR count). The van der Waals surface area contributed by atoms with Crippen molar-refractivity contribution in [2.75, 3.05) is 25.0 Å². The van der Waals surface area contributed by atoms with Gasteiger partial charge in [-0.3, -0.25) is 14.5 Å². The monoisotopic (exact) mass is 425 g/mol. The molecule has 30 heavy (non-hydrogen) atoms. The number of hydrogen-bond donors (Lipinski definition) is 1. The highest BCUT2D eigenvalue weighted by Crippen LogP contribution is 2.24. The molecular weight excluding hydrogens is 394 g/mol. The molecule has 2 unspecified atom stereocenters. The van der Waals surface area contributed by atoms with Crippen molar-refractivity contribution in [1.29, 1.82) is 0 Å². The summed E-state index contributed by atoms with van der Waals surface area (Å²) in [4.78, 5) is 30.8. The van der Waals surface area contributed by atoms with E-state index >= 15 is 0 Å². The first-order valence-electron chi connectivity index (χ1n) is 11.1. The van der Waals surface area contributed by atoms with Crippen molar-refractivity contribution in [3.63, 3.8) is 0 Å². The molecular formula is C24H31N3O2S. The molecule has 5 nitrogen and oxygen atoms in total. The van der Waals surface area contributed by atoms with E-state index in [9.17, 15) is 9.59 Å². The van der Waals surface area contributed by atoms with Crippen LogP contribution in [0.2, 0.25) is 0 Å². The topological polar surface area (TPSA) is 52.7 Å². The van der Waals surface area contributed by atoms with Crippen molar-refractivity contribution in [1.82, 2.24) is 9.80 Å². The zero-order valence-corrected chi connectivity index (χ0v) is 18.5. The van der Waals surface area contributed by atoms with Crippen molar-refractivity contribution in [3.8, 4) is 0 Å². The van der Waals surface area contributed by atoms with E-state index in [2.05, 4.69) is 29.3 Å². The fraction of sp³-hybridized carbons (Fsp3) is 0.500. The molecule has 2 fully saturated rings. The Morgan fingerprint density at radius 3 is 2.63 bits per heavy atom. The maximum atomic E-state index is 13.0. The van der Waals surface area contributed by atoms with Gasteiger partial charge in [-0.05, 0) is 73.7 Å². The van der Waals surface area contributed by atoms with Gasteiger partial charge in [-0.15, -0.1) is 11.3 Å². The molecule has 160 valence electrons. The van der Waals surface area contributed by atoms with Gasteiger partial charge in [0.15, 0.2) is 0 Å². The second kappa shape index (κ2) is 9.75. The molecule has 0 spiro atoms. The van der Waals surface area contributed by atoms with E-state index in [1.807, 2.05) is 29.6 Å². The number of carbonyl (C=O) groups is 2. The van der Waals surface area contributed by atoms with Crippen molar-refractivity contribution in [2.45, 2.75) is 51.6 Å². The molecule has 2 amide bonds. The predicted molar refractivity (Wildman–Crippen MR) is 122 cm³/mol. The maximum Gasteiger partial charge on any atom is 0.264 e. The molecule has 1 aromatic heterocycles. The highest BCUT2D eigenvalue weighted by atomic mass is 32.1. The summed E-state index contributed by atoms with van der Waals surface area (Å²) in [6.07, 6.45) is 5.24. The SMILES string of the molecule is CC1CCCN(Cc2ccc(NC(=O)C3CCCCN3C(=O)c3cccs3)cc2)C1. The van der Waals surface area contributed by atoms with E-state index in [-0.39, 0.29) is 11.8 Å². The summed E-state index contributed by atoms with van der Waals surface area (Å²) in [5.41, 5.74) is 2.07. The minimum absolute atomic E-state index is 0.0315. The van der Waals surface area contributed by atoms with Gasteiger partial charge in [0.05, 0.1) is 4.88 Å². The first kappa shape index (κ1) is 21.1. The quantitative estimate of drug-likeness (QED) is 0.761. The molecule has 6 heteroatoms. The van der Waals surface area contributed by atoms with Crippen molar-refractivity contribution >= 4 is 28.8 Å². The lowest BCUT2D eigenvalue weighted by atomic mass is 9.99. The van der Waals surface area contributed by atoms with Gasteiger partial charge < -0.3 is 10.2 Å². The zero-order chi connectivity index (χ0) is 20.9. The van der Waals surface area contributed by atoms with Gasteiger partial charge in [0.2, 0.25) is 5.91 Å². The van der Waals surface area contributed by atoms with E-state index in [0.717, 1.165) is 37.5 Å². The van der Waals surface area contributed by atoms with Crippen LogP contribution < -0.4 is 5.32 Å². The van der Waals surface area contributed by atoms with Crippen molar-refractivity contribution < 1.29 is 9.59 Å². The molecule has 1 N–H and O–H groups in total. The number of rotatable bonds is 5. The molecule has 0 aliphatic carbocycles. The number of piperidine rings is 2. The molecule has 2 aromatic rings. The Kier molecular flexibility index (Phi) is 6.85. The molecule has 0 radical (unpaired) electrons. The Morgan fingerprint density at radius 2 is 1.90 bits per heavy atom. The van der Waals surface area contributed by atoms with Gasteiger partial charge in [-0.1, -0.05) is 25.1 Å². The fourth-order valence-electron chi connectivity index (χ4n) is 4.60. The summed E-state index contributed by atoms with van der Waals surface area (Å²) >= 11 is 1.43. The Bertz CT molecular complexity index is 850. The summed E-state index contributed by atoms with van der Waals surface area (Å²) < 4.78 is 0. The lowest BCUT2D eigenvalue weighted by Gasteiger charge is -2.34. The normalized spacial score (nSPS) is 22.6. The number of nitrogens with zero attached hydrogens (tertiary/aromatic N) is 2. The highest BCUT2D eigenvalue weighted by molar-refractivity contribution is 7.12. The molecule has 2 saturated heterocycles. The number of anilines is 1. The van der Waals surface area contributed by atoms with E-state index in [4.69, 9.17) is 0 Å². The number of nitrogens with one attached hydrogen (secondary N) is 1. The second-order valence-electron chi connectivity index (χ2n) is 8.66. The third kappa shape index (κ3) is 5.10. The van der Waals surface area contributed by atoms with Crippen LogP contribution in [0.3, 0.4) is 0 Å². The van der Waals surface area contributed by atoms with Crippen LogP contribution in [0.1, 0.15) is 54.3 Å². The number of benzene rings is 1. The number of carbonyl (C=O) groups excluding carboxylic acids is 2. The van der Waals surface area contributed by atoms with E-state index in [0.29, 0.717) is 17.8 Å². The fourth-order valence-corrected chi connectivity index (χ4v) is 5.28. The smallest absolute Gasteiger partial charge is 0.264 e. The molecule has 3 heterocycles. The number of thiophene rings is 1. The summed E-state index contributed by atoms with van der Waals surface area (Å²) in [5, 5.41) is 4.94. The maximum absolute atomic E-state index is 13.0. The molecule has 2 atom stereocenters. The van der Waals surface area contributed by atoms with Gasteiger partial charge in [0.1, 0.15) is 6.04 Å². The van der Waals surface area contributed by atoms with E-state index in [1.165, 1.54) is 36.3 Å². The van der Waals surface area contributed by atoms with Crippen LogP contribution in [-0.4, -0.2) is 47.3 Å². The lowest BCUT2D eigenvalue weighted by molar-refractivity contribution is -0.121. The first-order chi connectivity index (χ1) is 14.6. The minimum Gasteiger partial charge on any atom is -0.326 e. The molecule has 2 aliphatic rings. The first-order valence-corrected chi connectivity index (χ1v) is 11.9. The molecule has 1 aromatic carbocycles. The van der Waals surface area contributed by atoms with E-state index < -0.39 is 6.04 Å². The second-order valence-corrected chi connectivity index (χ2v) is 9.60. The average Bonchev–Trinajstić information content (AvgIpc) is 3.30. The Morgan fingerprint density at radius 1 is 1.07 bits per heavy atom. The van der Waals surface area contributed by atoms with Gasteiger partial charge in [0.25, 0.3) is 5.91 Å². The van der Waals surface area contributed by atoms with Crippen molar-refractivity contribution in [3.05, 3.63) is 52.2 Å². The Labute approximate surface area is 183 Å². The third-order valence-electron chi connectivity index (χ3n) is 6.17. The summed E-state index contributed by atoms with van der Waals surface area (Å²) in [6, 6.07) is 11.5. The third-order valence-corrected chi connectivity index (χ3v) is 7.02. The minimum atomic E-state index is -0.400. The van der Waals surface area contributed by atoms with Crippen LogP contribution >= 0.6 is 11.3 Å². The number of likely N-dealkylation sites (tertiary alicyclic amines) is 2. The van der Waals surface area contributed by atoms with E-state index in [1.54, 1.807) is 4.90 Å². The van der Waals surface area contributed by atoms with Crippen LogP contribution in [0.25, 0.3) is 0 Å². The van der Waals surface area contributed by atoms with Crippen LogP contribution in [0.15, 0.2) is 41.8 Å². The summed E-state index contributed by atoms with van der Waals surface area (Å²) in [7, 11) is 0. The van der Waals surface area contributed by atoms with Gasteiger partial charge in [-0.2, -0.15) is 0 Å². The van der Waals surface area contributed by atoms with Gasteiger partial charge in [0, 0.05) is 25.3 Å². The highest BCUT2D eigenvalue weighted by Gasteiger charge is 2.33. The summed E-state index contributed by atoms with van der Waals surface area (Å²) in [5.74, 6) is 0.654. The largest absolute Gasteiger partial charge is 0.326 e. The van der Waals surface area contributed by atoms with Crippen LogP contribution in [-0.2, 0) is 11.3 Å². The number of hydrogen-bond acceptors (Lipinski definition) is 4.